The minimum absolute atomic E-state index is 0.189. The minimum Gasteiger partial charge on any atom is -0.352 e. The Kier molecular flexibility index (Phi) is 7.03. The molecule has 3 rings (SSSR count). The van der Waals surface area contributed by atoms with Gasteiger partial charge in [-0.25, -0.2) is 4.98 Å². The second-order valence-electron chi connectivity index (χ2n) is 7.54. The second kappa shape index (κ2) is 9.68. The molecule has 1 saturated heterocycles. The molecule has 1 amide bonds. The monoisotopic (exact) mass is 385 g/mol. The largest absolute Gasteiger partial charge is 0.352 e. The number of nitrogens with zero attached hydrogens (tertiary/aromatic N) is 3. The van der Waals surface area contributed by atoms with E-state index in [9.17, 15) is 9.59 Å². The van der Waals surface area contributed by atoms with Gasteiger partial charge < -0.3 is 19.8 Å². The third kappa shape index (κ3) is 4.90. The van der Waals surface area contributed by atoms with Crippen LogP contribution >= 0.6 is 0 Å². The van der Waals surface area contributed by atoms with Gasteiger partial charge in [0, 0.05) is 44.6 Å². The molecule has 2 aromatic rings. The average Bonchev–Trinajstić information content (AvgIpc) is 3.16. The molecule has 0 radical (unpaired) electrons. The van der Waals surface area contributed by atoms with Gasteiger partial charge in [0.1, 0.15) is 11.4 Å². The van der Waals surface area contributed by atoms with Crippen molar-refractivity contribution in [1.29, 1.82) is 0 Å². The van der Waals surface area contributed by atoms with Crippen LogP contribution in [0, 0.1) is 12.8 Å². The maximum Gasteiger partial charge on any atom is 0.263 e. The molecule has 3 heterocycles. The Hall–Kier alpha value is -2.41. The first-order chi connectivity index (χ1) is 13.6. The van der Waals surface area contributed by atoms with Crippen LogP contribution in [0.5, 0.6) is 0 Å². The smallest absolute Gasteiger partial charge is 0.263 e. The summed E-state index contributed by atoms with van der Waals surface area (Å²) >= 11 is 0. The lowest BCUT2D eigenvalue weighted by molar-refractivity contribution is 0.0949. The van der Waals surface area contributed by atoms with Crippen molar-refractivity contribution in [2.45, 2.75) is 52.6 Å². The van der Waals surface area contributed by atoms with Gasteiger partial charge in [0.15, 0.2) is 0 Å². The molecule has 0 aromatic carbocycles. The van der Waals surface area contributed by atoms with Crippen molar-refractivity contribution in [2.24, 2.45) is 5.92 Å². The van der Waals surface area contributed by atoms with Crippen molar-refractivity contribution < 1.29 is 4.79 Å². The van der Waals surface area contributed by atoms with E-state index in [4.69, 9.17) is 0 Å². The van der Waals surface area contributed by atoms with E-state index in [-0.39, 0.29) is 17.0 Å². The summed E-state index contributed by atoms with van der Waals surface area (Å²) in [7, 11) is 0. The maximum absolute atomic E-state index is 12.9. The Bertz CT molecular complexity index is 849. The molecule has 1 fully saturated rings. The maximum atomic E-state index is 12.9. The topological polar surface area (TPSA) is 81.0 Å². The van der Waals surface area contributed by atoms with Crippen LogP contribution in [-0.2, 0) is 19.5 Å². The number of nitrogens with one attached hydrogen (secondary N) is 2. The fourth-order valence-corrected chi connectivity index (χ4v) is 3.84. The number of rotatable bonds is 8. The van der Waals surface area contributed by atoms with Gasteiger partial charge in [-0.05, 0) is 56.8 Å². The Labute approximate surface area is 166 Å². The number of pyridine rings is 1. The summed E-state index contributed by atoms with van der Waals surface area (Å²) in [6.45, 7) is 7.86. The standard InChI is InChI=1S/C21H31N5O2/c1-3-18-23-10-13-25(18)11-5-9-24-20(27)19-16(2)7-12-26(21(19)28)15-17-6-4-8-22-14-17/h7,10,12-13,17,22H,3-6,8-9,11,14-15H2,1-2H3,(H,24,27). The summed E-state index contributed by atoms with van der Waals surface area (Å²) in [5.74, 6) is 1.21. The summed E-state index contributed by atoms with van der Waals surface area (Å²) in [4.78, 5) is 29.8. The number of hydrogen-bond donors (Lipinski definition) is 2. The van der Waals surface area contributed by atoms with Crippen LogP contribution in [0.15, 0.2) is 29.5 Å². The SMILES string of the molecule is CCc1nccn1CCCNC(=O)c1c(C)ccn(CC2CCCNC2)c1=O. The number of aryl methyl sites for hydroxylation is 3. The Morgan fingerprint density at radius 3 is 2.96 bits per heavy atom. The normalized spacial score (nSPS) is 16.9. The molecule has 28 heavy (non-hydrogen) atoms. The molecule has 0 saturated carbocycles. The summed E-state index contributed by atoms with van der Waals surface area (Å²) < 4.78 is 3.80. The van der Waals surface area contributed by atoms with E-state index >= 15 is 0 Å². The number of amides is 1. The molecule has 0 bridgehead atoms. The predicted molar refractivity (Wildman–Crippen MR) is 110 cm³/mol. The minimum atomic E-state index is -0.278. The zero-order chi connectivity index (χ0) is 19.9. The lowest BCUT2D eigenvalue weighted by Crippen LogP contribution is -2.38. The van der Waals surface area contributed by atoms with Gasteiger partial charge in [0.25, 0.3) is 11.5 Å². The molecule has 0 aliphatic carbocycles. The first-order valence-corrected chi connectivity index (χ1v) is 10.3. The summed E-state index contributed by atoms with van der Waals surface area (Å²) in [5, 5.41) is 6.29. The van der Waals surface area contributed by atoms with E-state index in [0.717, 1.165) is 56.7 Å². The third-order valence-electron chi connectivity index (χ3n) is 5.43. The molecule has 2 N–H and O–H groups in total. The fourth-order valence-electron chi connectivity index (χ4n) is 3.84. The van der Waals surface area contributed by atoms with Crippen molar-refractivity contribution in [3.8, 4) is 0 Å². The molecule has 1 aliphatic rings. The van der Waals surface area contributed by atoms with Gasteiger partial charge >= 0.3 is 0 Å². The van der Waals surface area contributed by atoms with Crippen LogP contribution in [0.25, 0.3) is 0 Å². The zero-order valence-electron chi connectivity index (χ0n) is 16.9. The van der Waals surface area contributed by atoms with Crippen LogP contribution in [0.3, 0.4) is 0 Å². The van der Waals surface area contributed by atoms with Crippen molar-refractivity contribution >= 4 is 5.91 Å². The van der Waals surface area contributed by atoms with E-state index in [1.54, 1.807) is 10.8 Å². The van der Waals surface area contributed by atoms with Crippen molar-refractivity contribution in [1.82, 2.24) is 24.8 Å². The quantitative estimate of drug-likeness (QED) is 0.678. The number of piperidine rings is 1. The molecular weight excluding hydrogens is 354 g/mol. The first kappa shape index (κ1) is 20.3. The number of carbonyl (C=O) groups excluding carboxylic acids is 1. The molecule has 1 atom stereocenters. The zero-order valence-corrected chi connectivity index (χ0v) is 16.9. The van der Waals surface area contributed by atoms with Gasteiger partial charge in [-0.3, -0.25) is 9.59 Å². The lowest BCUT2D eigenvalue weighted by Gasteiger charge is -2.23. The van der Waals surface area contributed by atoms with Crippen molar-refractivity contribution in [3.63, 3.8) is 0 Å². The molecule has 7 heteroatoms. The number of carbonyl (C=O) groups is 1. The van der Waals surface area contributed by atoms with Crippen LogP contribution in [0.4, 0.5) is 0 Å². The van der Waals surface area contributed by atoms with Gasteiger partial charge in [-0.1, -0.05) is 6.92 Å². The highest BCUT2D eigenvalue weighted by molar-refractivity contribution is 5.95. The van der Waals surface area contributed by atoms with Crippen molar-refractivity contribution in [2.75, 3.05) is 19.6 Å². The highest BCUT2D eigenvalue weighted by Gasteiger charge is 2.18. The van der Waals surface area contributed by atoms with Gasteiger partial charge in [-0.2, -0.15) is 0 Å². The van der Waals surface area contributed by atoms with Gasteiger partial charge in [0.05, 0.1) is 0 Å². The van der Waals surface area contributed by atoms with Crippen LogP contribution in [0.2, 0.25) is 0 Å². The highest BCUT2D eigenvalue weighted by atomic mass is 16.2. The number of aromatic nitrogens is 3. The Morgan fingerprint density at radius 1 is 1.36 bits per heavy atom. The third-order valence-corrected chi connectivity index (χ3v) is 5.43. The molecule has 2 aromatic heterocycles. The predicted octanol–water partition coefficient (Wildman–Crippen LogP) is 1.74. The van der Waals surface area contributed by atoms with E-state index in [1.807, 2.05) is 25.4 Å². The van der Waals surface area contributed by atoms with E-state index < -0.39 is 0 Å². The Morgan fingerprint density at radius 2 is 2.21 bits per heavy atom. The molecule has 0 spiro atoms. The highest BCUT2D eigenvalue weighted by Crippen LogP contribution is 2.12. The second-order valence-corrected chi connectivity index (χ2v) is 7.54. The van der Waals surface area contributed by atoms with E-state index in [0.29, 0.717) is 19.0 Å². The Balaban J connectivity index is 1.59. The first-order valence-electron chi connectivity index (χ1n) is 10.3. The number of hydrogen-bond acceptors (Lipinski definition) is 4. The van der Waals surface area contributed by atoms with Crippen LogP contribution in [-0.4, -0.2) is 39.7 Å². The van der Waals surface area contributed by atoms with E-state index in [2.05, 4.69) is 27.1 Å². The lowest BCUT2D eigenvalue weighted by atomic mass is 9.99. The fraction of sp³-hybridized carbons (Fsp3) is 0.571. The van der Waals surface area contributed by atoms with Gasteiger partial charge in [-0.15, -0.1) is 0 Å². The summed E-state index contributed by atoms with van der Waals surface area (Å²) in [6.07, 6.45) is 9.50. The van der Waals surface area contributed by atoms with E-state index in [1.165, 1.54) is 0 Å². The summed E-state index contributed by atoms with van der Waals surface area (Å²) in [6, 6.07) is 1.87. The molecule has 7 nitrogen and oxygen atoms in total. The molecular formula is C21H31N5O2. The molecule has 1 aliphatic heterocycles. The van der Waals surface area contributed by atoms with Crippen LogP contribution < -0.4 is 16.2 Å². The van der Waals surface area contributed by atoms with Crippen LogP contribution in [0.1, 0.15) is 47.9 Å². The number of imidazole rings is 1. The van der Waals surface area contributed by atoms with Crippen molar-refractivity contribution in [3.05, 3.63) is 52.0 Å². The van der Waals surface area contributed by atoms with Gasteiger partial charge in [0.2, 0.25) is 0 Å². The molecule has 1 unspecified atom stereocenters. The average molecular weight is 386 g/mol. The summed E-state index contributed by atoms with van der Waals surface area (Å²) in [5.41, 5.74) is 0.803. The molecule has 152 valence electrons.